The molecule has 264 valence electrons. The number of aromatic nitrogens is 1. The van der Waals surface area contributed by atoms with Gasteiger partial charge >= 0.3 is 0 Å². The van der Waals surface area contributed by atoms with E-state index in [2.05, 4.69) is 39.5 Å². The predicted molar refractivity (Wildman–Crippen MR) is 189 cm³/mol. The van der Waals surface area contributed by atoms with Crippen LogP contribution < -0.4 is 16.0 Å². The average molecular weight is 705 g/mol. The summed E-state index contributed by atoms with van der Waals surface area (Å²) in [6.45, 7) is 6.03. The first kappa shape index (κ1) is 36.4. The maximum absolute atomic E-state index is 14.3. The van der Waals surface area contributed by atoms with Crippen LogP contribution in [0.3, 0.4) is 0 Å². The molecule has 5 rings (SSSR count). The van der Waals surface area contributed by atoms with Crippen molar-refractivity contribution in [3.05, 3.63) is 94.7 Å². The number of thiazole rings is 1. The molecule has 1 unspecified atom stereocenters. The largest absolute Gasteiger partial charge is 0.508 e. The van der Waals surface area contributed by atoms with Crippen molar-refractivity contribution in [2.24, 2.45) is 5.73 Å². The Bertz CT molecular complexity index is 1730. The maximum Gasteiger partial charge on any atom is 0.253 e. The molecule has 3 aromatic carbocycles. The maximum atomic E-state index is 14.3. The minimum atomic E-state index is -1.32. The summed E-state index contributed by atoms with van der Waals surface area (Å²) in [5, 5.41) is 15.2. The van der Waals surface area contributed by atoms with E-state index in [1.807, 2.05) is 30.0 Å². The van der Waals surface area contributed by atoms with Crippen LogP contribution in [0.15, 0.2) is 72.2 Å². The molecule has 50 heavy (non-hydrogen) atoms. The number of piperazine rings is 1. The molecule has 4 N–H and O–H groups in total. The van der Waals surface area contributed by atoms with Gasteiger partial charge in [0.1, 0.15) is 17.6 Å². The fraction of sp³-hybridized carbons (Fsp3) is 0.333. The molecule has 4 aromatic rings. The van der Waals surface area contributed by atoms with Gasteiger partial charge in [-0.05, 0) is 59.5 Å². The normalized spacial score (nSPS) is 13.6. The van der Waals surface area contributed by atoms with Crippen molar-refractivity contribution in [3.8, 4) is 16.9 Å². The molecule has 12 nitrogen and oxygen atoms in total. The molecule has 1 saturated heterocycles. The van der Waals surface area contributed by atoms with Crippen molar-refractivity contribution in [3.63, 3.8) is 0 Å². The zero-order valence-corrected chi connectivity index (χ0v) is 28.6. The number of hydrogen-bond acceptors (Lipinski definition) is 10. The Hall–Kier alpha value is -4.89. The van der Waals surface area contributed by atoms with Crippen molar-refractivity contribution in [1.82, 2.24) is 14.8 Å². The lowest BCUT2D eigenvalue weighted by molar-refractivity contribution is -0.132. The van der Waals surface area contributed by atoms with Gasteiger partial charge in [-0.1, -0.05) is 30.3 Å². The van der Waals surface area contributed by atoms with Crippen LogP contribution in [-0.2, 0) is 30.4 Å². The number of amides is 3. The quantitative estimate of drug-likeness (QED) is 0.0882. The van der Waals surface area contributed by atoms with Crippen molar-refractivity contribution in [2.75, 3.05) is 62.9 Å². The van der Waals surface area contributed by atoms with Gasteiger partial charge in [0.05, 0.1) is 33.0 Å². The van der Waals surface area contributed by atoms with Gasteiger partial charge in [-0.3, -0.25) is 19.7 Å². The molecule has 2 heterocycles. The molecule has 1 fully saturated rings. The third-order valence-corrected chi connectivity index (χ3v) is 9.19. The number of carbonyl (C=O) groups excluding carboxylic acids is 3. The first-order valence-corrected chi connectivity index (χ1v) is 17.1. The number of rotatable bonds is 16. The summed E-state index contributed by atoms with van der Waals surface area (Å²) in [6, 6.07) is 16.1. The lowest BCUT2D eigenvalue weighted by Gasteiger charge is -2.36. The topological polar surface area (TPSA) is 151 Å². The Morgan fingerprint density at radius 3 is 2.46 bits per heavy atom. The molecule has 1 aromatic heterocycles. The van der Waals surface area contributed by atoms with E-state index in [1.54, 1.807) is 5.38 Å². The van der Waals surface area contributed by atoms with Crippen LogP contribution in [0.5, 0.6) is 5.75 Å². The van der Waals surface area contributed by atoms with Gasteiger partial charge in [0.25, 0.3) is 5.91 Å². The van der Waals surface area contributed by atoms with E-state index in [0.717, 1.165) is 59.2 Å². The Morgan fingerprint density at radius 1 is 1.04 bits per heavy atom. The SMILES string of the molecule is Cc1cc(-c2ccc(N3CCN(C(=O)CCOCCOCN)CC3)cc2)ccc1CN(C=O)C(C(=O)Nc1nccs1)c1cc(F)ccc1O. The molecule has 1 aliphatic rings. The number of ether oxygens (including phenoxy) is 2. The van der Waals surface area contributed by atoms with Crippen molar-refractivity contribution in [1.29, 1.82) is 0 Å². The minimum absolute atomic E-state index is 0.0335. The van der Waals surface area contributed by atoms with Gasteiger partial charge in [-0.25, -0.2) is 9.37 Å². The predicted octanol–water partition coefficient (Wildman–Crippen LogP) is 4.29. The lowest BCUT2D eigenvalue weighted by atomic mass is 9.98. The van der Waals surface area contributed by atoms with Crippen molar-refractivity contribution >= 4 is 40.4 Å². The Morgan fingerprint density at radius 2 is 1.78 bits per heavy atom. The average Bonchev–Trinajstić information content (AvgIpc) is 3.64. The number of phenolic OH excluding ortho intramolecular Hbond substituents is 1. The van der Waals surface area contributed by atoms with Crippen LogP contribution in [0.25, 0.3) is 11.1 Å². The van der Waals surface area contributed by atoms with Gasteiger partial charge in [-0.2, -0.15) is 0 Å². The first-order valence-electron chi connectivity index (χ1n) is 16.3. The summed E-state index contributed by atoms with van der Waals surface area (Å²) >= 11 is 1.20. The third-order valence-electron chi connectivity index (χ3n) is 8.51. The molecule has 0 spiro atoms. The Balaban J connectivity index is 1.21. The number of nitrogens with one attached hydrogen (secondary N) is 1. The molecule has 0 bridgehead atoms. The van der Waals surface area contributed by atoms with Crippen molar-refractivity contribution < 1.29 is 33.4 Å². The van der Waals surface area contributed by atoms with E-state index in [0.29, 0.717) is 50.9 Å². The zero-order valence-electron chi connectivity index (χ0n) is 27.8. The molecule has 0 aliphatic carbocycles. The summed E-state index contributed by atoms with van der Waals surface area (Å²) in [5.41, 5.74) is 9.95. The van der Waals surface area contributed by atoms with Gasteiger partial charge in [0, 0.05) is 55.6 Å². The second-order valence-electron chi connectivity index (χ2n) is 11.7. The zero-order chi connectivity index (χ0) is 35.5. The number of carbonyl (C=O) groups is 3. The number of anilines is 2. The van der Waals surface area contributed by atoms with E-state index >= 15 is 0 Å². The van der Waals surface area contributed by atoms with Crippen LogP contribution in [0.1, 0.15) is 29.2 Å². The minimum Gasteiger partial charge on any atom is -0.508 e. The van der Waals surface area contributed by atoms with Crippen LogP contribution in [0.4, 0.5) is 15.2 Å². The number of benzene rings is 3. The smallest absolute Gasteiger partial charge is 0.253 e. The monoisotopic (exact) mass is 704 g/mol. The van der Waals surface area contributed by atoms with Gasteiger partial charge < -0.3 is 35.0 Å². The van der Waals surface area contributed by atoms with Gasteiger partial charge in [-0.15, -0.1) is 11.3 Å². The van der Waals surface area contributed by atoms with E-state index < -0.39 is 17.8 Å². The molecule has 1 aliphatic heterocycles. The highest BCUT2D eigenvalue weighted by atomic mass is 32.1. The third kappa shape index (κ3) is 9.41. The summed E-state index contributed by atoms with van der Waals surface area (Å²) in [7, 11) is 0. The number of hydrogen-bond donors (Lipinski definition) is 3. The highest BCUT2D eigenvalue weighted by molar-refractivity contribution is 7.13. The fourth-order valence-corrected chi connectivity index (χ4v) is 6.34. The summed E-state index contributed by atoms with van der Waals surface area (Å²) in [5.74, 6) is -1.51. The molecule has 3 amide bonds. The van der Waals surface area contributed by atoms with E-state index in [4.69, 9.17) is 15.2 Å². The van der Waals surface area contributed by atoms with E-state index in [9.17, 15) is 23.9 Å². The summed E-state index contributed by atoms with van der Waals surface area (Å²) < 4.78 is 24.7. The second-order valence-corrected chi connectivity index (χ2v) is 12.6. The summed E-state index contributed by atoms with van der Waals surface area (Å²) in [6.07, 6.45) is 2.38. The molecule has 0 saturated carbocycles. The Labute approximate surface area is 294 Å². The van der Waals surface area contributed by atoms with E-state index in [1.165, 1.54) is 22.4 Å². The highest BCUT2D eigenvalue weighted by Crippen LogP contribution is 2.33. The number of halogens is 1. The molecule has 0 radical (unpaired) electrons. The van der Waals surface area contributed by atoms with Crippen molar-refractivity contribution in [2.45, 2.75) is 25.9 Å². The second kappa shape index (κ2) is 17.7. The van der Waals surface area contributed by atoms with Gasteiger partial charge in [0.15, 0.2) is 5.13 Å². The number of aromatic hydroxyl groups is 1. The summed E-state index contributed by atoms with van der Waals surface area (Å²) in [4.78, 5) is 47.9. The first-order chi connectivity index (χ1) is 24.3. The molecular weight excluding hydrogens is 663 g/mol. The standard InChI is InChI=1S/C36H41FN6O6S/c1-25-20-27(26-4-7-30(8-5-26)41-12-14-42(15-13-41)33(46)10-16-48-17-18-49-23-38)2-3-28(25)22-43(24-44)34(31-21-29(37)6-9-32(31)45)35(47)40-36-39-11-19-50-36/h2-9,11,19-21,24,34,45H,10,12-18,22-23,38H2,1H3,(H,39,40,47). The fourth-order valence-electron chi connectivity index (χ4n) is 5.81. The highest BCUT2D eigenvalue weighted by Gasteiger charge is 2.31. The number of phenols is 1. The van der Waals surface area contributed by atoms with E-state index in [-0.39, 0.29) is 30.5 Å². The lowest BCUT2D eigenvalue weighted by Crippen LogP contribution is -2.49. The van der Waals surface area contributed by atoms with Crippen LogP contribution >= 0.6 is 11.3 Å². The molecule has 14 heteroatoms. The van der Waals surface area contributed by atoms with Crippen LogP contribution in [0, 0.1) is 12.7 Å². The Kier molecular flexibility index (Phi) is 12.9. The van der Waals surface area contributed by atoms with Gasteiger partial charge in [0.2, 0.25) is 12.3 Å². The number of nitrogens with two attached hydrogens (primary N) is 1. The van der Waals surface area contributed by atoms with Crippen LogP contribution in [0.2, 0.25) is 0 Å². The number of aryl methyl sites for hydroxylation is 1. The molecular formula is C36H41FN6O6S. The number of nitrogens with zero attached hydrogens (tertiary/aromatic N) is 4. The molecule has 1 atom stereocenters. The van der Waals surface area contributed by atoms with Crippen LogP contribution in [-0.4, -0.2) is 90.8 Å².